The number of rotatable bonds is 7. The van der Waals surface area contributed by atoms with Gasteiger partial charge < -0.3 is 10.4 Å². The van der Waals surface area contributed by atoms with Gasteiger partial charge in [-0.05, 0) is 24.1 Å². The number of nitrogens with zero attached hydrogens (tertiary/aromatic N) is 1. The van der Waals surface area contributed by atoms with Gasteiger partial charge in [-0.25, -0.2) is 0 Å². The molecule has 0 aliphatic rings. The average Bonchev–Trinajstić information content (AvgIpc) is 2.38. The maximum atomic E-state index is 11.0. The Morgan fingerprint density at radius 3 is 2.94 bits per heavy atom. The SMILES string of the molecule is CCCCC(NCc1cccc(C#N)c1)C(=O)O. The number of nitriles is 1. The number of benzene rings is 1. The number of hydrogen-bond acceptors (Lipinski definition) is 3. The molecule has 18 heavy (non-hydrogen) atoms. The smallest absolute Gasteiger partial charge is 0.320 e. The number of carboxylic acid groups (broad SMARTS) is 1. The van der Waals surface area contributed by atoms with Crippen molar-refractivity contribution >= 4 is 5.97 Å². The van der Waals surface area contributed by atoms with Crippen LogP contribution in [0.15, 0.2) is 24.3 Å². The molecule has 0 saturated heterocycles. The van der Waals surface area contributed by atoms with E-state index in [1.54, 1.807) is 18.2 Å². The lowest BCUT2D eigenvalue weighted by atomic mass is 10.1. The van der Waals surface area contributed by atoms with Crippen molar-refractivity contribution in [3.63, 3.8) is 0 Å². The van der Waals surface area contributed by atoms with Crippen LogP contribution in [-0.2, 0) is 11.3 Å². The van der Waals surface area contributed by atoms with Gasteiger partial charge in [0.05, 0.1) is 11.6 Å². The standard InChI is InChI=1S/C14H18N2O2/c1-2-3-7-13(14(17)18)16-10-12-6-4-5-11(8-12)9-15/h4-6,8,13,16H,2-3,7,10H2,1H3,(H,17,18). The molecule has 1 atom stereocenters. The van der Waals surface area contributed by atoms with Crippen molar-refractivity contribution in [1.29, 1.82) is 5.26 Å². The zero-order chi connectivity index (χ0) is 13.4. The molecule has 0 amide bonds. The summed E-state index contributed by atoms with van der Waals surface area (Å²) in [5, 5.41) is 20.9. The van der Waals surface area contributed by atoms with Crippen LogP contribution in [0.3, 0.4) is 0 Å². The van der Waals surface area contributed by atoms with E-state index in [0.29, 0.717) is 18.5 Å². The Morgan fingerprint density at radius 1 is 1.56 bits per heavy atom. The molecule has 0 aromatic heterocycles. The molecular formula is C14H18N2O2. The van der Waals surface area contributed by atoms with Gasteiger partial charge in [0.25, 0.3) is 0 Å². The second kappa shape index (κ2) is 7.46. The Labute approximate surface area is 107 Å². The fourth-order valence-corrected chi connectivity index (χ4v) is 1.71. The summed E-state index contributed by atoms with van der Waals surface area (Å²) >= 11 is 0. The largest absolute Gasteiger partial charge is 0.480 e. The van der Waals surface area contributed by atoms with E-state index in [0.717, 1.165) is 18.4 Å². The molecule has 0 saturated carbocycles. The topological polar surface area (TPSA) is 73.1 Å². The van der Waals surface area contributed by atoms with Crippen LogP contribution in [0.2, 0.25) is 0 Å². The first-order valence-electron chi connectivity index (χ1n) is 6.12. The van der Waals surface area contributed by atoms with Gasteiger partial charge in [-0.1, -0.05) is 31.9 Å². The summed E-state index contributed by atoms with van der Waals surface area (Å²) < 4.78 is 0. The van der Waals surface area contributed by atoms with Crippen molar-refractivity contribution < 1.29 is 9.90 Å². The molecule has 2 N–H and O–H groups in total. The van der Waals surface area contributed by atoms with E-state index < -0.39 is 12.0 Å². The van der Waals surface area contributed by atoms with Gasteiger partial charge in [-0.2, -0.15) is 5.26 Å². The molecule has 0 aliphatic carbocycles. The average molecular weight is 246 g/mol. The second-order valence-electron chi connectivity index (χ2n) is 4.23. The van der Waals surface area contributed by atoms with Crippen molar-refractivity contribution in [1.82, 2.24) is 5.32 Å². The Hall–Kier alpha value is -1.86. The van der Waals surface area contributed by atoms with Crippen molar-refractivity contribution in [3.8, 4) is 6.07 Å². The summed E-state index contributed by atoms with van der Waals surface area (Å²) in [4.78, 5) is 11.0. The molecule has 1 aromatic rings. The minimum atomic E-state index is -0.820. The molecule has 0 spiro atoms. The first kappa shape index (κ1) is 14.2. The Kier molecular flexibility index (Phi) is 5.89. The first-order chi connectivity index (χ1) is 8.67. The van der Waals surface area contributed by atoms with Crippen LogP contribution in [0.4, 0.5) is 0 Å². The van der Waals surface area contributed by atoms with Gasteiger partial charge >= 0.3 is 5.97 Å². The van der Waals surface area contributed by atoms with E-state index in [4.69, 9.17) is 10.4 Å². The van der Waals surface area contributed by atoms with Crippen LogP contribution < -0.4 is 5.32 Å². The minimum Gasteiger partial charge on any atom is -0.480 e. The molecule has 0 heterocycles. The molecule has 1 rings (SSSR count). The van der Waals surface area contributed by atoms with E-state index in [-0.39, 0.29) is 0 Å². The number of carboxylic acids is 1. The summed E-state index contributed by atoms with van der Waals surface area (Å²) in [6.45, 7) is 2.51. The van der Waals surface area contributed by atoms with E-state index in [1.807, 2.05) is 13.0 Å². The highest BCUT2D eigenvalue weighted by molar-refractivity contribution is 5.73. The molecule has 0 aliphatic heterocycles. The molecule has 96 valence electrons. The third kappa shape index (κ3) is 4.56. The monoisotopic (exact) mass is 246 g/mol. The Morgan fingerprint density at radius 2 is 2.33 bits per heavy atom. The Bertz CT molecular complexity index is 438. The number of hydrogen-bond donors (Lipinski definition) is 2. The zero-order valence-corrected chi connectivity index (χ0v) is 10.5. The van der Waals surface area contributed by atoms with Gasteiger partial charge in [0.15, 0.2) is 0 Å². The summed E-state index contributed by atoms with van der Waals surface area (Å²) in [6, 6.07) is 8.74. The lowest BCUT2D eigenvalue weighted by molar-refractivity contribution is -0.139. The van der Waals surface area contributed by atoms with Crippen LogP contribution in [0, 0.1) is 11.3 Å². The number of nitrogens with one attached hydrogen (secondary N) is 1. The van der Waals surface area contributed by atoms with E-state index >= 15 is 0 Å². The van der Waals surface area contributed by atoms with Gasteiger partial charge in [-0.15, -0.1) is 0 Å². The quantitative estimate of drug-likeness (QED) is 0.774. The molecule has 0 bridgehead atoms. The van der Waals surface area contributed by atoms with Gasteiger partial charge in [-0.3, -0.25) is 4.79 Å². The number of carbonyl (C=O) groups is 1. The predicted octanol–water partition coefficient (Wildman–Crippen LogP) is 2.29. The van der Waals surface area contributed by atoms with Crippen LogP contribution in [-0.4, -0.2) is 17.1 Å². The fourth-order valence-electron chi connectivity index (χ4n) is 1.71. The lowest BCUT2D eigenvalue weighted by Crippen LogP contribution is -2.36. The maximum absolute atomic E-state index is 11.0. The predicted molar refractivity (Wildman–Crippen MR) is 68.9 cm³/mol. The van der Waals surface area contributed by atoms with Gasteiger partial charge in [0, 0.05) is 6.54 Å². The third-order valence-electron chi connectivity index (χ3n) is 2.75. The highest BCUT2D eigenvalue weighted by atomic mass is 16.4. The highest BCUT2D eigenvalue weighted by Crippen LogP contribution is 2.06. The fraction of sp³-hybridized carbons (Fsp3) is 0.429. The molecule has 1 aromatic carbocycles. The maximum Gasteiger partial charge on any atom is 0.320 e. The Balaban J connectivity index is 2.55. The van der Waals surface area contributed by atoms with Crippen molar-refractivity contribution in [2.75, 3.05) is 0 Å². The first-order valence-corrected chi connectivity index (χ1v) is 6.12. The highest BCUT2D eigenvalue weighted by Gasteiger charge is 2.15. The summed E-state index contributed by atoms with van der Waals surface area (Å²) in [7, 11) is 0. The zero-order valence-electron chi connectivity index (χ0n) is 10.5. The van der Waals surface area contributed by atoms with Crippen molar-refractivity contribution in [2.24, 2.45) is 0 Å². The lowest BCUT2D eigenvalue weighted by Gasteiger charge is -2.14. The molecule has 4 nitrogen and oxygen atoms in total. The van der Waals surface area contributed by atoms with Crippen LogP contribution in [0.25, 0.3) is 0 Å². The number of aliphatic carboxylic acids is 1. The van der Waals surface area contributed by atoms with Crippen LogP contribution in [0.1, 0.15) is 37.3 Å². The van der Waals surface area contributed by atoms with E-state index in [1.165, 1.54) is 0 Å². The van der Waals surface area contributed by atoms with E-state index in [2.05, 4.69) is 11.4 Å². The van der Waals surface area contributed by atoms with Gasteiger partial charge in [0.2, 0.25) is 0 Å². The molecule has 0 radical (unpaired) electrons. The minimum absolute atomic E-state index is 0.468. The summed E-state index contributed by atoms with van der Waals surface area (Å²) in [6.07, 6.45) is 2.50. The summed E-state index contributed by atoms with van der Waals surface area (Å²) in [5.41, 5.74) is 1.52. The van der Waals surface area contributed by atoms with Crippen molar-refractivity contribution in [2.45, 2.75) is 38.8 Å². The van der Waals surface area contributed by atoms with Crippen molar-refractivity contribution in [3.05, 3.63) is 35.4 Å². The van der Waals surface area contributed by atoms with Crippen LogP contribution >= 0.6 is 0 Å². The van der Waals surface area contributed by atoms with Gasteiger partial charge in [0.1, 0.15) is 6.04 Å². The molecular weight excluding hydrogens is 228 g/mol. The second-order valence-corrected chi connectivity index (χ2v) is 4.23. The van der Waals surface area contributed by atoms with Crippen LogP contribution in [0.5, 0.6) is 0 Å². The normalized spacial score (nSPS) is 11.8. The molecule has 0 fully saturated rings. The number of unbranched alkanes of at least 4 members (excludes halogenated alkanes) is 1. The third-order valence-corrected chi connectivity index (χ3v) is 2.75. The summed E-state index contributed by atoms with van der Waals surface area (Å²) in [5.74, 6) is -0.820. The van der Waals surface area contributed by atoms with E-state index in [9.17, 15) is 4.79 Å². The molecule has 1 unspecified atom stereocenters. The molecule has 4 heteroatoms.